The average Bonchev–Trinajstić information content (AvgIpc) is 2.66. The minimum Gasteiger partial charge on any atom is -0.496 e. The van der Waals surface area contributed by atoms with E-state index in [0.29, 0.717) is 11.3 Å². The van der Waals surface area contributed by atoms with Crippen molar-refractivity contribution in [1.82, 2.24) is 4.90 Å². The van der Waals surface area contributed by atoms with Gasteiger partial charge in [0.15, 0.2) is 11.5 Å². The molecule has 0 radical (unpaired) electrons. The molecule has 0 aliphatic carbocycles. The van der Waals surface area contributed by atoms with Crippen molar-refractivity contribution in [2.24, 2.45) is 0 Å². The maximum Gasteiger partial charge on any atom is 0.387 e. The maximum absolute atomic E-state index is 12.5. The van der Waals surface area contributed by atoms with E-state index in [0.717, 1.165) is 5.56 Å². The number of carbonyl (C=O) groups excluding carboxylic acids is 1. The quantitative estimate of drug-likeness (QED) is 0.653. The van der Waals surface area contributed by atoms with Crippen molar-refractivity contribution >= 4 is 12.0 Å². The van der Waals surface area contributed by atoms with Crippen LogP contribution in [-0.2, 0) is 11.3 Å². The van der Waals surface area contributed by atoms with Gasteiger partial charge in [-0.25, -0.2) is 0 Å². The first-order valence-corrected chi connectivity index (χ1v) is 8.12. The van der Waals surface area contributed by atoms with E-state index in [2.05, 4.69) is 4.74 Å². The highest BCUT2D eigenvalue weighted by Gasteiger charge is 2.13. The summed E-state index contributed by atoms with van der Waals surface area (Å²) in [5.41, 5.74) is 1.41. The largest absolute Gasteiger partial charge is 0.496 e. The number of benzene rings is 2. The molecule has 2 aromatic rings. The van der Waals surface area contributed by atoms with Crippen molar-refractivity contribution in [2.45, 2.75) is 13.2 Å². The Morgan fingerprint density at radius 1 is 1.07 bits per heavy atom. The van der Waals surface area contributed by atoms with Gasteiger partial charge >= 0.3 is 6.61 Å². The molecule has 0 spiro atoms. The number of alkyl halides is 2. The molecule has 2 rings (SSSR count). The van der Waals surface area contributed by atoms with Gasteiger partial charge in [-0.15, -0.1) is 0 Å². The summed E-state index contributed by atoms with van der Waals surface area (Å²) in [4.78, 5) is 13.8. The lowest BCUT2D eigenvalue weighted by Gasteiger charge is -2.17. The summed E-state index contributed by atoms with van der Waals surface area (Å²) in [5.74, 6) is 0.542. The molecule has 0 aliphatic rings. The highest BCUT2D eigenvalue weighted by atomic mass is 19.3. The molecule has 0 atom stereocenters. The number of carbonyl (C=O) groups is 1. The maximum atomic E-state index is 12.5. The molecule has 1 amide bonds. The number of halogens is 2. The number of hydrogen-bond donors (Lipinski definition) is 0. The number of rotatable bonds is 8. The summed E-state index contributed by atoms with van der Waals surface area (Å²) in [6.07, 6.45) is 3.09. The molecule has 7 heteroatoms. The Kier molecular flexibility index (Phi) is 7.16. The van der Waals surface area contributed by atoms with E-state index in [1.165, 1.54) is 30.2 Å². The standard InChI is InChI=1S/C20H21F2NO4/c1-23(19(24)11-9-15-6-4-5-7-16(15)25-2)13-14-8-10-17(26-3)18(12-14)27-20(21)22/h4-12,20H,13H2,1-3H3/b11-9+. The highest BCUT2D eigenvalue weighted by Crippen LogP contribution is 2.30. The number of ether oxygens (including phenoxy) is 3. The third kappa shape index (κ3) is 5.70. The number of amides is 1. The number of nitrogens with zero attached hydrogens (tertiary/aromatic N) is 1. The van der Waals surface area contributed by atoms with Crippen LogP contribution in [0, 0.1) is 0 Å². The van der Waals surface area contributed by atoms with E-state index in [4.69, 9.17) is 9.47 Å². The van der Waals surface area contributed by atoms with Gasteiger partial charge in [0.05, 0.1) is 14.2 Å². The number of methoxy groups -OCH3 is 2. The Morgan fingerprint density at radius 3 is 2.44 bits per heavy atom. The molecule has 0 aromatic heterocycles. The fourth-order valence-corrected chi connectivity index (χ4v) is 2.45. The Balaban J connectivity index is 2.08. The fourth-order valence-electron chi connectivity index (χ4n) is 2.45. The molecule has 0 aliphatic heterocycles. The van der Waals surface area contributed by atoms with Crippen LogP contribution in [-0.4, -0.2) is 38.7 Å². The van der Waals surface area contributed by atoms with Crippen molar-refractivity contribution in [1.29, 1.82) is 0 Å². The predicted molar refractivity (Wildman–Crippen MR) is 98.1 cm³/mol. The van der Waals surface area contributed by atoms with Crippen LogP contribution in [0.3, 0.4) is 0 Å². The summed E-state index contributed by atoms with van der Waals surface area (Å²) in [7, 11) is 4.54. The summed E-state index contributed by atoms with van der Waals surface area (Å²) in [6, 6.07) is 12.0. The lowest BCUT2D eigenvalue weighted by molar-refractivity contribution is -0.125. The van der Waals surface area contributed by atoms with Gasteiger partial charge in [-0.2, -0.15) is 8.78 Å². The van der Waals surface area contributed by atoms with Crippen LogP contribution in [0.15, 0.2) is 48.5 Å². The summed E-state index contributed by atoms with van der Waals surface area (Å²) >= 11 is 0. The van der Waals surface area contributed by atoms with Crippen LogP contribution in [0.2, 0.25) is 0 Å². The van der Waals surface area contributed by atoms with Gasteiger partial charge < -0.3 is 19.1 Å². The minimum absolute atomic E-state index is 0.0737. The topological polar surface area (TPSA) is 48.0 Å². The molecule has 0 saturated carbocycles. The third-order valence-corrected chi connectivity index (χ3v) is 3.78. The lowest BCUT2D eigenvalue weighted by Crippen LogP contribution is -2.24. The summed E-state index contributed by atoms with van der Waals surface area (Å²) < 4.78 is 39.7. The second-order valence-electron chi connectivity index (χ2n) is 5.63. The smallest absolute Gasteiger partial charge is 0.387 e. The SMILES string of the molecule is COc1ccccc1/C=C/C(=O)N(C)Cc1ccc(OC)c(OC(F)F)c1. The first-order valence-electron chi connectivity index (χ1n) is 8.12. The Bertz CT molecular complexity index is 808. The molecule has 0 bridgehead atoms. The van der Waals surface area contributed by atoms with E-state index in [1.807, 2.05) is 18.2 Å². The fraction of sp³-hybridized carbons (Fsp3) is 0.250. The zero-order valence-electron chi connectivity index (χ0n) is 15.3. The molecular weight excluding hydrogens is 356 g/mol. The molecular formula is C20H21F2NO4. The van der Waals surface area contributed by atoms with Crippen molar-refractivity contribution in [3.63, 3.8) is 0 Å². The number of para-hydroxylation sites is 1. The van der Waals surface area contributed by atoms with Gasteiger partial charge in [0.1, 0.15) is 5.75 Å². The van der Waals surface area contributed by atoms with Gasteiger partial charge in [-0.1, -0.05) is 24.3 Å². The molecule has 144 valence electrons. The Labute approximate surface area is 156 Å². The first-order chi connectivity index (χ1) is 12.9. The molecule has 0 saturated heterocycles. The van der Waals surface area contributed by atoms with E-state index in [9.17, 15) is 13.6 Å². The van der Waals surface area contributed by atoms with Crippen LogP contribution in [0.25, 0.3) is 6.08 Å². The van der Waals surface area contributed by atoms with E-state index in [-0.39, 0.29) is 24.0 Å². The third-order valence-electron chi connectivity index (χ3n) is 3.78. The number of hydrogen-bond acceptors (Lipinski definition) is 4. The van der Waals surface area contributed by atoms with Crippen molar-refractivity contribution in [3.05, 3.63) is 59.7 Å². The first kappa shape index (κ1) is 20.2. The molecule has 27 heavy (non-hydrogen) atoms. The average molecular weight is 377 g/mol. The van der Waals surface area contributed by atoms with Gasteiger partial charge in [0.25, 0.3) is 0 Å². The zero-order valence-corrected chi connectivity index (χ0v) is 15.3. The number of likely N-dealkylation sites (N-methyl/N-ethyl adjacent to an activating group) is 1. The minimum atomic E-state index is -2.96. The highest BCUT2D eigenvalue weighted by molar-refractivity contribution is 5.92. The molecule has 0 heterocycles. The van der Waals surface area contributed by atoms with Crippen LogP contribution < -0.4 is 14.2 Å². The van der Waals surface area contributed by atoms with Crippen LogP contribution in [0.5, 0.6) is 17.2 Å². The van der Waals surface area contributed by atoms with Crippen molar-refractivity contribution in [3.8, 4) is 17.2 Å². The monoisotopic (exact) mass is 377 g/mol. The second-order valence-corrected chi connectivity index (χ2v) is 5.63. The van der Waals surface area contributed by atoms with Gasteiger partial charge in [0, 0.05) is 25.2 Å². The molecule has 2 aromatic carbocycles. The molecule has 0 unspecified atom stereocenters. The molecule has 5 nitrogen and oxygen atoms in total. The van der Waals surface area contributed by atoms with E-state index in [1.54, 1.807) is 32.4 Å². The van der Waals surface area contributed by atoms with Gasteiger partial charge in [0.2, 0.25) is 5.91 Å². The van der Waals surface area contributed by atoms with Gasteiger partial charge in [-0.05, 0) is 29.8 Å². The van der Waals surface area contributed by atoms with Crippen molar-refractivity contribution < 1.29 is 27.8 Å². The van der Waals surface area contributed by atoms with Crippen molar-refractivity contribution in [2.75, 3.05) is 21.3 Å². The van der Waals surface area contributed by atoms with Crippen LogP contribution in [0.4, 0.5) is 8.78 Å². The summed E-state index contributed by atoms with van der Waals surface area (Å²) in [6.45, 7) is -2.74. The van der Waals surface area contributed by atoms with Crippen LogP contribution in [0.1, 0.15) is 11.1 Å². The Morgan fingerprint density at radius 2 is 1.78 bits per heavy atom. The van der Waals surface area contributed by atoms with Gasteiger partial charge in [-0.3, -0.25) is 4.79 Å². The molecule has 0 fully saturated rings. The zero-order chi connectivity index (χ0) is 19.8. The van der Waals surface area contributed by atoms with E-state index >= 15 is 0 Å². The summed E-state index contributed by atoms with van der Waals surface area (Å²) in [5, 5.41) is 0. The molecule has 0 N–H and O–H groups in total. The predicted octanol–water partition coefficient (Wildman–Crippen LogP) is 3.98. The van der Waals surface area contributed by atoms with E-state index < -0.39 is 6.61 Å². The lowest BCUT2D eigenvalue weighted by atomic mass is 10.1. The normalized spacial score (nSPS) is 10.9. The Hall–Kier alpha value is -3.09. The second kappa shape index (κ2) is 9.56. The van der Waals surface area contributed by atoms with Crippen LogP contribution >= 0.6 is 0 Å².